The molecule has 116 valence electrons. The summed E-state index contributed by atoms with van der Waals surface area (Å²) in [6.07, 6.45) is 8.13. The van der Waals surface area contributed by atoms with Crippen molar-refractivity contribution in [1.29, 1.82) is 0 Å². The maximum Gasteiger partial charge on any atom is 0.223 e. The average Bonchev–Trinajstić information content (AvgIpc) is 2.49. The molecule has 1 saturated carbocycles. The number of nitrogens with one attached hydrogen (secondary N) is 1. The van der Waals surface area contributed by atoms with E-state index in [1.165, 1.54) is 32.4 Å². The van der Waals surface area contributed by atoms with E-state index in [-0.39, 0.29) is 11.8 Å². The minimum absolute atomic E-state index is 0.217. The van der Waals surface area contributed by atoms with Crippen molar-refractivity contribution in [3.8, 4) is 0 Å². The molecule has 0 radical (unpaired) electrons. The number of hydrogen-bond acceptors (Lipinski definition) is 3. The monoisotopic (exact) mass is 281 g/mol. The number of likely N-dealkylation sites (tertiary alicyclic amines) is 1. The molecule has 1 aliphatic heterocycles. The van der Waals surface area contributed by atoms with Crippen LogP contribution in [0.3, 0.4) is 0 Å². The van der Waals surface area contributed by atoms with Crippen molar-refractivity contribution in [1.82, 2.24) is 10.2 Å². The summed E-state index contributed by atoms with van der Waals surface area (Å²) in [5.41, 5.74) is 5.74. The molecular formula is C16H31N3O. The van der Waals surface area contributed by atoms with E-state index in [0.29, 0.717) is 5.92 Å². The van der Waals surface area contributed by atoms with Crippen molar-refractivity contribution in [2.45, 2.75) is 44.9 Å². The van der Waals surface area contributed by atoms with Gasteiger partial charge in [0.25, 0.3) is 0 Å². The standard InChI is InChI=1S/C16H31N3O/c1-19-9-6-13(7-10-19)5-8-18-16(20)15-4-2-3-14(11-15)12-17/h13-15H,2-12,17H2,1H3,(H,18,20). The number of carbonyl (C=O) groups excluding carboxylic acids is 1. The van der Waals surface area contributed by atoms with Crippen LogP contribution in [0.2, 0.25) is 0 Å². The van der Waals surface area contributed by atoms with Crippen molar-refractivity contribution in [3.63, 3.8) is 0 Å². The first-order valence-electron chi connectivity index (χ1n) is 8.35. The van der Waals surface area contributed by atoms with Crippen LogP contribution < -0.4 is 11.1 Å². The maximum absolute atomic E-state index is 12.2. The molecule has 1 aliphatic carbocycles. The number of nitrogens with two attached hydrogens (primary N) is 1. The second-order valence-corrected chi connectivity index (χ2v) is 6.79. The van der Waals surface area contributed by atoms with Crippen LogP contribution >= 0.6 is 0 Å². The zero-order chi connectivity index (χ0) is 14.4. The van der Waals surface area contributed by atoms with Gasteiger partial charge in [-0.15, -0.1) is 0 Å². The van der Waals surface area contributed by atoms with E-state index in [2.05, 4.69) is 17.3 Å². The number of carbonyl (C=O) groups is 1. The molecule has 0 spiro atoms. The molecule has 4 nitrogen and oxygen atoms in total. The van der Waals surface area contributed by atoms with Gasteiger partial charge in [-0.05, 0) is 77.0 Å². The van der Waals surface area contributed by atoms with Crippen molar-refractivity contribution in [2.75, 3.05) is 33.2 Å². The Hall–Kier alpha value is -0.610. The summed E-state index contributed by atoms with van der Waals surface area (Å²) in [4.78, 5) is 14.6. The molecule has 2 aliphatic rings. The molecule has 1 saturated heterocycles. The van der Waals surface area contributed by atoms with Crippen molar-refractivity contribution in [3.05, 3.63) is 0 Å². The van der Waals surface area contributed by atoms with E-state index in [1.807, 2.05) is 0 Å². The molecule has 1 amide bonds. The van der Waals surface area contributed by atoms with Crippen molar-refractivity contribution < 1.29 is 4.79 Å². The molecule has 2 atom stereocenters. The normalized spacial score (nSPS) is 29.3. The van der Waals surface area contributed by atoms with Crippen LogP contribution in [0.5, 0.6) is 0 Å². The molecule has 20 heavy (non-hydrogen) atoms. The lowest BCUT2D eigenvalue weighted by molar-refractivity contribution is -0.126. The van der Waals surface area contributed by atoms with E-state index in [4.69, 9.17) is 5.73 Å². The van der Waals surface area contributed by atoms with Gasteiger partial charge in [0.2, 0.25) is 5.91 Å². The maximum atomic E-state index is 12.2. The van der Waals surface area contributed by atoms with Gasteiger partial charge >= 0.3 is 0 Å². The van der Waals surface area contributed by atoms with Crippen LogP contribution in [0.15, 0.2) is 0 Å². The first-order chi connectivity index (χ1) is 9.69. The molecule has 4 heteroatoms. The summed E-state index contributed by atoms with van der Waals surface area (Å²) in [5.74, 6) is 1.86. The number of amides is 1. The lowest BCUT2D eigenvalue weighted by Gasteiger charge is -2.30. The minimum atomic E-state index is 0.217. The number of piperidine rings is 1. The third-order valence-electron chi connectivity index (χ3n) is 5.18. The lowest BCUT2D eigenvalue weighted by Crippen LogP contribution is -2.37. The molecular weight excluding hydrogens is 250 g/mol. The van der Waals surface area contributed by atoms with Gasteiger partial charge in [-0.2, -0.15) is 0 Å². The van der Waals surface area contributed by atoms with Crippen LogP contribution in [-0.4, -0.2) is 44.0 Å². The van der Waals surface area contributed by atoms with Gasteiger partial charge in [0, 0.05) is 12.5 Å². The van der Waals surface area contributed by atoms with Crippen molar-refractivity contribution >= 4 is 5.91 Å². The highest BCUT2D eigenvalue weighted by atomic mass is 16.1. The van der Waals surface area contributed by atoms with Crippen LogP contribution in [0, 0.1) is 17.8 Å². The van der Waals surface area contributed by atoms with Gasteiger partial charge in [0.05, 0.1) is 0 Å². The van der Waals surface area contributed by atoms with E-state index in [1.54, 1.807) is 0 Å². The van der Waals surface area contributed by atoms with E-state index >= 15 is 0 Å². The molecule has 2 unspecified atom stereocenters. The summed E-state index contributed by atoms with van der Waals surface area (Å²) in [6.45, 7) is 4.01. The topological polar surface area (TPSA) is 58.4 Å². The fourth-order valence-corrected chi connectivity index (χ4v) is 3.64. The third-order valence-corrected chi connectivity index (χ3v) is 5.18. The summed E-state index contributed by atoms with van der Waals surface area (Å²) in [5, 5.41) is 3.16. The van der Waals surface area contributed by atoms with Gasteiger partial charge in [-0.25, -0.2) is 0 Å². The highest BCUT2D eigenvalue weighted by Gasteiger charge is 2.26. The SMILES string of the molecule is CN1CCC(CCNC(=O)C2CCCC(CN)C2)CC1. The quantitative estimate of drug-likeness (QED) is 0.805. The first-order valence-corrected chi connectivity index (χ1v) is 8.35. The fraction of sp³-hybridized carbons (Fsp3) is 0.938. The third kappa shape index (κ3) is 4.74. The molecule has 0 aromatic heterocycles. The Balaban J connectivity index is 1.62. The first kappa shape index (κ1) is 15.8. The molecule has 2 fully saturated rings. The van der Waals surface area contributed by atoms with Crippen LogP contribution in [0.25, 0.3) is 0 Å². The van der Waals surface area contributed by atoms with Crippen LogP contribution in [0.1, 0.15) is 44.9 Å². The Bertz CT molecular complexity index is 300. The zero-order valence-corrected chi connectivity index (χ0v) is 12.9. The molecule has 0 aromatic rings. The predicted octanol–water partition coefficient (Wildman–Crippen LogP) is 1.60. The molecule has 1 heterocycles. The van der Waals surface area contributed by atoms with Gasteiger partial charge in [0.15, 0.2) is 0 Å². The Morgan fingerprint density at radius 1 is 1.20 bits per heavy atom. The van der Waals surface area contributed by atoms with Gasteiger partial charge < -0.3 is 16.0 Å². The predicted molar refractivity (Wildman–Crippen MR) is 82.4 cm³/mol. The van der Waals surface area contributed by atoms with E-state index < -0.39 is 0 Å². The highest BCUT2D eigenvalue weighted by molar-refractivity contribution is 5.78. The second-order valence-electron chi connectivity index (χ2n) is 6.79. The van der Waals surface area contributed by atoms with Gasteiger partial charge in [-0.3, -0.25) is 4.79 Å². The minimum Gasteiger partial charge on any atom is -0.356 e. The number of hydrogen-bond donors (Lipinski definition) is 2. The van der Waals surface area contributed by atoms with Gasteiger partial charge in [0.1, 0.15) is 0 Å². The summed E-state index contributed by atoms with van der Waals surface area (Å²) < 4.78 is 0. The Kier molecular flexibility index (Phi) is 6.30. The summed E-state index contributed by atoms with van der Waals surface area (Å²) >= 11 is 0. The van der Waals surface area contributed by atoms with Crippen LogP contribution in [0.4, 0.5) is 0 Å². The summed E-state index contributed by atoms with van der Waals surface area (Å²) in [7, 11) is 2.19. The largest absolute Gasteiger partial charge is 0.356 e. The Labute approximate surface area is 123 Å². The van der Waals surface area contributed by atoms with Crippen molar-refractivity contribution in [2.24, 2.45) is 23.5 Å². The summed E-state index contributed by atoms with van der Waals surface area (Å²) in [6, 6.07) is 0. The molecule has 2 rings (SSSR count). The molecule has 0 aromatic carbocycles. The van der Waals surface area contributed by atoms with Crippen LogP contribution in [-0.2, 0) is 4.79 Å². The van der Waals surface area contributed by atoms with E-state index in [0.717, 1.165) is 44.7 Å². The van der Waals surface area contributed by atoms with Gasteiger partial charge in [-0.1, -0.05) is 6.42 Å². The second kappa shape index (κ2) is 7.99. The highest BCUT2D eigenvalue weighted by Crippen LogP contribution is 2.28. The Morgan fingerprint density at radius 2 is 1.95 bits per heavy atom. The molecule has 3 N–H and O–H groups in total. The lowest BCUT2D eigenvalue weighted by atomic mass is 9.81. The molecule has 0 bridgehead atoms. The number of nitrogens with zero attached hydrogens (tertiary/aromatic N) is 1. The average molecular weight is 281 g/mol. The smallest absolute Gasteiger partial charge is 0.223 e. The fourth-order valence-electron chi connectivity index (χ4n) is 3.64. The van der Waals surface area contributed by atoms with E-state index in [9.17, 15) is 4.79 Å². The number of rotatable bonds is 5. The Morgan fingerprint density at radius 3 is 2.65 bits per heavy atom. The zero-order valence-electron chi connectivity index (χ0n) is 12.9.